The van der Waals surface area contributed by atoms with Gasteiger partial charge in [-0.3, -0.25) is 4.79 Å². The van der Waals surface area contributed by atoms with Gasteiger partial charge >= 0.3 is 6.03 Å². The van der Waals surface area contributed by atoms with E-state index in [1.165, 1.54) is 25.7 Å². The maximum atomic E-state index is 13.1. The van der Waals surface area contributed by atoms with Crippen molar-refractivity contribution in [3.05, 3.63) is 0 Å². The number of rotatable bonds is 3. The van der Waals surface area contributed by atoms with Crippen molar-refractivity contribution in [2.24, 2.45) is 5.92 Å². The van der Waals surface area contributed by atoms with E-state index < -0.39 is 0 Å². The van der Waals surface area contributed by atoms with E-state index >= 15 is 0 Å². The zero-order chi connectivity index (χ0) is 18.1. The molecule has 3 amide bonds. The molecule has 2 N–H and O–H groups in total. The lowest BCUT2D eigenvalue weighted by Gasteiger charge is -2.39. The molecule has 4 rings (SSSR count). The van der Waals surface area contributed by atoms with Crippen LogP contribution in [0.25, 0.3) is 0 Å². The van der Waals surface area contributed by atoms with Crippen LogP contribution in [0.3, 0.4) is 0 Å². The van der Waals surface area contributed by atoms with Gasteiger partial charge in [-0.2, -0.15) is 0 Å². The maximum absolute atomic E-state index is 13.1. The minimum atomic E-state index is -0.0318. The summed E-state index contributed by atoms with van der Waals surface area (Å²) in [6, 6.07) is 1.93. The zero-order valence-electron chi connectivity index (χ0n) is 16.5. The Morgan fingerprint density at radius 2 is 1.67 bits per heavy atom. The van der Waals surface area contributed by atoms with Crippen molar-refractivity contribution in [2.75, 3.05) is 20.1 Å². The number of nitrogens with one attached hydrogen (secondary N) is 2. The molecule has 0 aromatic heterocycles. The van der Waals surface area contributed by atoms with Crippen molar-refractivity contribution in [3.63, 3.8) is 0 Å². The van der Waals surface area contributed by atoms with E-state index in [0.29, 0.717) is 30.7 Å². The molecule has 4 aliphatic rings. The summed E-state index contributed by atoms with van der Waals surface area (Å²) in [6.45, 7) is 1.36. The van der Waals surface area contributed by atoms with Gasteiger partial charge < -0.3 is 20.4 Å². The molecule has 154 valence electrons. The second kappa shape index (κ2) is 8.99. The highest BCUT2D eigenvalue weighted by molar-refractivity contribution is 5.85. The maximum Gasteiger partial charge on any atom is 0.317 e. The summed E-state index contributed by atoms with van der Waals surface area (Å²) < 4.78 is 0. The van der Waals surface area contributed by atoms with Crippen molar-refractivity contribution in [1.29, 1.82) is 0 Å². The predicted molar refractivity (Wildman–Crippen MR) is 108 cm³/mol. The summed E-state index contributed by atoms with van der Waals surface area (Å²) in [5, 5.41) is 6.83. The molecule has 1 aliphatic carbocycles. The summed E-state index contributed by atoms with van der Waals surface area (Å²) in [5.41, 5.74) is 0. The fourth-order valence-electron chi connectivity index (χ4n) is 5.51. The van der Waals surface area contributed by atoms with Gasteiger partial charge in [0.05, 0.1) is 5.92 Å². The van der Waals surface area contributed by atoms with Crippen molar-refractivity contribution in [3.8, 4) is 0 Å². The number of piperidine rings is 2. The molecule has 0 spiro atoms. The molecule has 7 heteroatoms. The van der Waals surface area contributed by atoms with Crippen LogP contribution in [-0.4, -0.2) is 66.0 Å². The molecule has 0 radical (unpaired) electrons. The molecule has 3 atom stereocenters. The molecule has 3 aliphatic heterocycles. The average Bonchev–Trinajstić information content (AvgIpc) is 3.29. The summed E-state index contributed by atoms with van der Waals surface area (Å²) in [5.74, 6) is 0.213. The first-order chi connectivity index (χ1) is 12.6. The first-order valence-electron chi connectivity index (χ1n) is 10.7. The van der Waals surface area contributed by atoms with E-state index in [9.17, 15) is 9.59 Å². The molecule has 1 saturated carbocycles. The van der Waals surface area contributed by atoms with Gasteiger partial charge in [-0.15, -0.1) is 12.4 Å². The summed E-state index contributed by atoms with van der Waals surface area (Å²) in [4.78, 5) is 29.5. The van der Waals surface area contributed by atoms with Gasteiger partial charge in [0.1, 0.15) is 0 Å². The van der Waals surface area contributed by atoms with Gasteiger partial charge in [-0.05, 0) is 51.4 Å². The molecule has 3 heterocycles. The van der Waals surface area contributed by atoms with Gasteiger partial charge in [0, 0.05) is 44.3 Å². The Labute approximate surface area is 169 Å². The second-order valence-corrected chi connectivity index (χ2v) is 8.93. The fraction of sp³-hybridized carbons (Fsp3) is 0.900. The van der Waals surface area contributed by atoms with Crippen molar-refractivity contribution < 1.29 is 9.59 Å². The third kappa shape index (κ3) is 4.70. The van der Waals surface area contributed by atoms with E-state index in [2.05, 4.69) is 10.6 Å². The third-order valence-corrected chi connectivity index (χ3v) is 7.08. The topological polar surface area (TPSA) is 64.7 Å². The van der Waals surface area contributed by atoms with E-state index in [1.54, 1.807) is 0 Å². The molecule has 6 nitrogen and oxygen atoms in total. The molecule has 2 bridgehead atoms. The number of likely N-dealkylation sites (tertiary alicyclic amines) is 1. The highest BCUT2D eigenvalue weighted by Gasteiger charge is 2.39. The highest BCUT2D eigenvalue weighted by Crippen LogP contribution is 2.30. The number of carbonyl (C=O) groups excluding carboxylic acids is 2. The third-order valence-electron chi connectivity index (χ3n) is 7.08. The van der Waals surface area contributed by atoms with Crippen LogP contribution >= 0.6 is 12.4 Å². The normalized spacial score (nSPS) is 33.4. The van der Waals surface area contributed by atoms with E-state index in [-0.39, 0.29) is 30.3 Å². The predicted octanol–water partition coefficient (Wildman–Crippen LogP) is 2.51. The van der Waals surface area contributed by atoms with Crippen molar-refractivity contribution in [1.82, 2.24) is 20.4 Å². The number of amides is 3. The lowest BCUT2D eigenvalue weighted by molar-refractivity contribution is -0.138. The number of hydrogen-bond donors (Lipinski definition) is 2. The Balaban J connectivity index is 0.00000210. The van der Waals surface area contributed by atoms with Gasteiger partial charge in [0.15, 0.2) is 0 Å². The Bertz CT molecular complexity index is 528. The van der Waals surface area contributed by atoms with E-state index in [1.807, 2.05) is 16.8 Å². The molecule has 3 saturated heterocycles. The smallest absolute Gasteiger partial charge is 0.317 e. The van der Waals surface area contributed by atoms with Crippen LogP contribution in [0.5, 0.6) is 0 Å². The number of hydrogen-bond acceptors (Lipinski definition) is 3. The fourth-order valence-corrected chi connectivity index (χ4v) is 5.51. The van der Waals surface area contributed by atoms with Gasteiger partial charge in [0.2, 0.25) is 5.91 Å². The Hall–Kier alpha value is -1.01. The minimum Gasteiger partial charge on any atom is -0.342 e. The molecule has 3 unspecified atom stereocenters. The Morgan fingerprint density at radius 3 is 2.33 bits per heavy atom. The van der Waals surface area contributed by atoms with E-state index in [0.717, 1.165) is 45.1 Å². The summed E-state index contributed by atoms with van der Waals surface area (Å²) >= 11 is 0. The van der Waals surface area contributed by atoms with Crippen LogP contribution in [-0.2, 0) is 4.79 Å². The van der Waals surface area contributed by atoms with Crippen LogP contribution in [0.2, 0.25) is 0 Å². The first kappa shape index (κ1) is 20.7. The first-order valence-corrected chi connectivity index (χ1v) is 10.7. The summed E-state index contributed by atoms with van der Waals surface area (Å²) in [7, 11) is 1.98. The SMILES string of the molecule is CN(C(=O)C1CCCN(C(=O)NC2CCCC2)C1)C1CC2CCC(C1)N2.Cl. The van der Waals surface area contributed by atoms with Gasteiger partial charge in [0.25, 0.3) is 0 Å². The molecular formula is C20H35ClN4O2. The van der Waals surface area contributed by atoms with Crippen LogP contribution in [0.1, 0.15) is 64.2 Å². The monoisotopic (exact) mass is 398 g/mol. The number of urea groups is 1. The average molecular weight is 399 g/mol. The van der Waals surface area contributed by atoms with Crippen LogP contribution < -0.4 is 10.6 Å². The van der Waals surface area contributed by atoms with Crippen LogP contribution in [0, 0.1) is 5.92 Å². The van der Waals surface area contributed by atoms with Crippen molar-refractivity contribution in [2.45, 2.75) is 88.4 Å². The van der Waals surface area contributed by atoms with Crippen LogP contribution in [0.15, 0.2) is 0 Å². The van der Waals surface area contributed by atoms with Gasteiger partial charge in [-0.25, -0.2) is 4.79 Å². The van der Waals surface area contributed by atoms with E-state index in [4.69, 9.17) is 0 Å². The van der Waals surface area contributed by atoms with Gasteiger partial charge in [-0.1, -0.05) is 12.8 Å². The minimum absolute atomic E-state index is 0. The molecule has 27 heavy (non-hydrogen) atoms. The zero-order valence-corrected chi connectivity index (χ0v) is 17.3. The quantitative estimate of drug-likeness (QED) is 0.767. The Kier molecular flexibility index (Phi) is 6.90. The lowest BCUT2D eigenvalue weighted by atomic mass is 9.93. The number of halogens is 1. The molecule has 0 aromatic carbocycles. The number of carbonyl (C=O) groups is 2. The molecular weight excluding hydrogens is 364 g/mol. The summed E-state index contributed by atoms with van der Waals surface area (Å²) in [6.07, 6.45) is 11.1. The Morgan fingerprint density at radius 1 is 1.00 bits per heavy atom. The number of nitrogens with zero attached hydrogens (tertiary/aromatic N) is 2. The standard InChI is InChI=1S/C20H34N4O2.ClH/c1-23(18-11-16-8-9-17(12-18)21-16)19(25)14-5-4-10-24(13-14)20(26)22-15-6-2-3-7-15;/h14-18,21H,2-13H2,1H3,(H,22,26);1H. The van der Waals surface area contributed by atoms with Crippen LogP contribution in [0.4, 0.5) is 4.79 Å². The van der Waals surface area contributed by atoms with Crippen molar-refractivity contribution >= 4 is 24.3 Å². The largest absolute Gasteiger partial charge is 0.342 e. The number of fused-ring (bicyclic) bond motifs is 2. The molecule has 4 fully saturated rings. The highest BCUT2D eigenvalue weighted by atomic mass is 35.5. The second-order valence-electron chi connectivity index (χ2n) is 8.93. The lowest BCUT2D eigenvalue weighted by Crippen LogP contribution is -2.54. The molecule has 0 aromatic rings.